The Labute approximate surface area is 159 Å². The van der Waals surface area contributed by atoms with Crippen LogP contribution in [0.3, 0.4) is 0 Å². The molecule has 0 spiro atoms. The van der Waals surface area contributed by atoms with Crippen molar-refractivity contribution < 1.29 is 54.4 Å². The van der Waals surface area contributed by atoms with E-state index < -0.39 is 73.9 Å². The predicted molar refractivity (Wildman–Crippen MR) is 87.2 cm³/mol. The number of nitrogens with one attached hydrogen (secondary N) is 2. The van der Waals surface area contributed by atoms with Crippen LogP contribution in [-0.4, -0.2) is 117 Å². The number of hydrogen-bond donors (Lipinski definition) is 8. The normalized spacial score (nSPS) is 44.0. The number of ether oxygens (including phenoxy) is 3. The summed E-state index contributed by atoms with van der Waals surface area (Å²) in [6.45, 7) is 0.275. The maximum Gasteiger partial charge on any atom is 0.217 e. The SMILES string of the molecule is CC(=O)NC1C(O)OC(CNC=O)C(OC2OC(CO)C(O)C(O)C2O)C1O. The van der Waals surface area contributed by atoms with Gasteiger partial charge in [-0.15, -0.1) is 0 Å². The molecular formula is C15H26N2O11. The lowest BCUT2D eigenvalue weighted by atomic mass is 9.95. The first-order valence-electron chi connectivity index (χ1n) is 8.63. The summed E-state index contributed by atoms with van der Waals surface area (Å²) in [5.41, 5.74) is 0. The van der Waals surface area contributed by atoms with Gasteiger partial charge in [-0.2, -0.15) is 0 Å². The molecule has 162 valence electrons. The van der Waals surface area contributed by atoms with Crippen molar-refractivity contribution in [3.63, 3.8) is 0 Å². The minimum absolute atomic E-state index is 0.202. The molecule has 0 aromatic rings. The van der Waals surface area contributed by atoms with Crippen molar-refractivity contribution >= 4 is 12.3 Å². The molecule has 2 saturated heterocycles. The first kappa shape index (κ1) is 22.9. The molecule has 2 heterocycles. The zero-order chi connectivity index (χ0) is 21.0. The average Bonchev–Trinajstić information content (AvgIpc) is 2.65. The van der Waals surface area contributed by atoms with Crippen LogP contribution in [0.4, 0.5) is 0 Å². The van der Waals surface area contributed by atoms with Gasteiger partial charge in [0, 0.05) is 13.5 Å². The van der Waals surface area contributed by atoms with Crippen molar-refractivity contribution in [3.8, 4) is 0 Å². The van der Waals surface area contributed by atoms with Crippen molar-refractivity contribution in [2.24, 2.45) is 0 Å². The molecule has 0 aliphatic carbocycles. The van der Waals surface area contributed by atoms with E-state index in [-0.39, 0.29) is 6.54 Å². The lowest BCUT2D eigenvalue weighted by molar-refractivity contribution is -0.342. The van der Waals surface area contributed by atoms with E-state index >= 15 is 0 Å². The van der Waals surface area contributed by atoms with Crippen molar-refractivity contribution in [2.45, 2.75) is 68.3 Å². The second-order valence-corrected chi connectivity index (χ2v) is 6.61. The molecule has 0 radical (unpaired) electrons. The van der Waals surface area contributed by atoms with E-state index in [0.29, 0.717) is 6.41 Å². The molecular weight excluding hydrogens is 384 g/mol. The van der Waals surface area contributed by atoms with Crippen LogP contribution in [0.1, 0.15) is 6.92 Å². The lowest BCUT2D eigenvalue weighted by Crippen LogP contribution is -2.67. The Morgan fingerprint density at radius 2 is 1.71 bits per heavy atom. The summed E-state index contributed by atoms with van der Waals surface area (Å²) in [5.74, 6) is -0.567. The van der Waals surface area contributed by atoms with E-state index in [0.717, 1.165) is 6.92 Å². The summed E-state index contributed by atoms with van der Waals surface area (Å²) >= 11 is 0. The number of hydrogen-bond acceptors (Lipinski definition) is 11. The number of rotatable bonds is 7. The van der Waals surface area contributed by atoms with Gasteiger partial charge in [-0.1, -0.05) is 0 Å². The van der Waals surface area contributed by atoms with Crippen molar-refractivity contribution in [1.82, 2.24) is 10.6 Å². The lowest BCUT2D eigenvalue weighted by Gasteiger charge is -2.46. The van der Waals surface area contributed by atoms with Gasteiger partial charge in [0.1, 0.15) is 48.8 Å². The fourth-order valence-electron chi connectivity index (χ4n) is 3.16. The average molecular weight is 410 g/mol. The molecule has 0 bridgehead atoms. The summed E-state index contributed by atoms with van der Waals surface area (Å²) in [7, 11) is 0. The molecule has 2 amide bonds. The molecule has 10 unspecified atom stereocenters. The quantitative estimate of drug-likeness (QED) is 0.186. The van der Waals surface area contributed by atoms with Gasteiger partial charge < -0.3 is 55.5 Å². The third-order valence-electron chi connectivity index (χ3n) is 4.60. The second-order valence-electron chi connectivity index (χ2n) is 6.61. The first-order valence-corrected chi connectivity index (χ1v) is 8.63. The largest absolute Gasteiger partial charge is 0.394 e. The summed E-state index contributed by atoms with van der Waals surface area (Å²) in [6.07, 6.45) is -13.2. The summed E-state index contributed by atoms with van der Waals surface area (Å²) in [6, 6.07) is -1.29. The molecule has 0 aromatic carbocycles. The number of carbonyl (C=O) groups is 2. The van der Waals surface area contributed by atoms with Crippen LogP contribution in [0, 0.1) is 0 Å². The van der Waals surface area contributed by atoms with E-state index in [9.17, 15) is 40.2 Å². The number of carbonyl (C=O) groups excluding carboxylic acids is 2. The molecule has 2 fully saturated rings. The fraction of sp³-hybridized carbons (Fsp3) is 0.867. The van der Waals surface area contributed by atoms with Crippen molar-refractivity contribution in [3.05, 3.63) is 0 Å². The first-order chi connectivity index (χ1) is 13.2. The van der Waals surface area contributed by atoms with Crippen LogP contribution < -0.4 is 10.6 Å². The molecule has 13 nitrogen and oxygen atoms in total. The molecule has 0 aromatic heterocycles. The third kappa shape index (κ3) is 4.94. The van der Waals surface area contributed by atoms with E-state index in [1.165, 1.54) is 0 Å². The Morgan fingerprint density at radius 1 is 1.04 bits per heavy atom. The Balaban J connectivity index is 2.20. The molecule has 2 rings (SSSR count). The standard InChI is InChI=1S/C15H26N2O11/c1-5(20)17-8-10(22)13(6(2-16-4-19)26-14(8)25)28-15-12(24)11(23)9(21)7(3-18)27-15/h4,6-15,18,21-25H,2-3H2,1H3,(H,16,19)(H,17,20). The summed E-state index contributed by atoms with van der Waals surface area (Å²) in [5, 5.41) is 64.3. The molecule has 10 atom stereocenters. The number of aliphatic hydroxyl groups is 6. The zero-order valence-corrected chi connectivity index (χ0v) is 15.0. The van der Waals surface area contributed by atoms with Crippen LogP contribution in [0.25, 0.3) is 0 Å². The molecule has 0 saturated carbocycles. The van der Waals surface area contributed by atoms with Crippen LogP contribution in [0.15, 0.2) is 0 Å². The number of amides is 2. The van der Waals surface area contributed by atoms with Crippen LogP contribution in [-0.2, 0) is 23.8 Å². The van der Waals surface area contributed by atoms with Crippen LogP contribution in [0.5, 0.6) is 0 Å². The highest BCUT2D eigenvalue weighted by Crippen LogP contribution is 2.28. The highest BCUT2D eigenvalue weighted by atomic mass is 16.7. The Morgan fingerprint density at radius 3 is 2.29 bits per heavy atom. The molecule has 28 heavy (non-hydrogen) atoms. The van der Waals surface area contributed by atoms with Gasteiger partial charge in [-0.05, 0) is 0 Å². The van der Waals surface area contributed by atoms with Gasteiger partial charge in [0.05, 0.1) is 6.61 Å². The van der Waals surface area contributed by atoms with Crippen molar-refractivity contribution in [2.75, 3.05) is 13.2 Å². The Bertz CT molecular complexity index is 536. The van der Waals surface area contributed by atoms with Gasteiger partial charge in [-0.25, -0.2) is 0 Å². The Kier molecular flexibility index (Phi) is 8.06. The van der Waals surface area contributed by atoms with E-state index in [4.69, 9.17) is 14.2 Å². The minimum atomic E-state index is -1.74. The Hall–Kier alpha value is -1.42. The minimum Gasteiger partial charge on any atom is -0.394 e. The highest BCUT2D eigenvalue weighted by Gasteiger charge is 2.50. The fourth-order valence-corrected chi connectivity index (χ4v) is 3.16. The van der Waals surface area contributed by atoms with Gasteiger partial charge in [-0.3, -0.25) is 9.59 Å². The molecule has 8 N–H and O–H groups in total. The smallest absolute Gasteiger partial charge is 0.217 e. The summed E-state index contributed by atoms with van der Waals surface area (Å²) < 4.78 is 16.1. The third-order valence-corrected chi connectivity index (χ3v) is 4.60. The number of aliphatic hydroxyl groups excluding tert-OH is 6. The topological polar surface area (TPSA) is 207 Å². The zero-order valence-electron chi connectivity index (χ0n) is 15.0. The van der Waals surface area contributed by atoms with Crippen LogP contribution in [0.2, 0.25) is 0 Å². The maximum absolute atomic E-state index is 11.3. The molecule has 13 heteroatoms. The molecule has 2 aliphatic rings. The van der Waals surface area contributed by atoms with E-state index in [1.54, 1.807) is 0 Å². The second kappa shape index (κ2) is 9.87. The van der Waals surface area contributed by atoms with Crippen LogP contribution >= 0.6 is 0 Å². The van der Waals surface area contributed by atoms with E-state index in [1.807, 2.05) is 0 Å². The molecule has 2 aliphatic heterocycles. The van der Waals surface area contributed by atoms with E-state index in [2.05, 4.69) is 10.6 Å². The monoisotopic (exact) mass is 410 g/mol. The van der Waals surface area contributed by atoms with Gasteiger partial charge >= 0.3 is 0 Å². The van der Waals surface area contributed by atoms with Crippen molar-refractivity contribution in [1.29, 1.82) is 0 Å². The highest BCUT2D eigenvalue weighted by molar-refractivity contribution is 5.73. The summed E-state index contributed by atoms with van der Waals surface area (Å²) in [4.78, 5) is 21.9. The van der Waals surface area contributed by atoms with Gasteiger partial charge in [0.2, 0.25) is 12.3 Å². The predicted octanol–water partition coefficient (Wildman–Crippen LogP) is -5.50. The van der Waals surface area contributed by atoms with Gasteiger partial charge in [0.15, 0.2) is 12.6 Å². The van der Waals surface area contributed by atoms with Gasteiger partial charge in [0.25, 0.3) is 0 Å². The maximum atomic E-state index is 11.3.